The van der Waals surface area contributed by atoms with Crippen LogP contribution in [-0.4, -0.2) is 56.7 Å². The van der Waals surface area contributed by atoms with Gasteiger partial charge in [0.15, 0.2) is 23.3 Å². The third kappa shape index (κ3) is 4.95. The van der Waals surface area contributed by atoms with Crippen LogP contribution < -0.4 is 14.4 Å². The molecule has 0 aliphatic heterocycles. The Morgan fingerprint density at radius 3 is 2.62 bits per heavy atom. The molecule has 0 fully saturated rings. The quantitative estimate of drug-likeness (QED) is 0.531. The lowest BCUT2D eigenvalue weighted by atomic mass is 10.3. The van der Waals surface area contributed by atoms with Gasteiger partial charge in [-0.15, -0.1) is 0 Å². The van der Waals surface area contributed by atoms with E-state index in [1.54, 1.807) is 31.4 Å². The Morgan fingerprint density at radius 1 is 1.17 bits per heavy atom. The maximum absolute atomic E-state index is 13.8. The van der Waals surface area contributed by atoms with Crippen LogP contribution in [0.15, 0.2) is 36.4 Å². The maximum atomic E-state index is 13.8. The van der Waals surface area contributed by atoms with Crippen LogP contribution in [0.5, 0.6) is 11.5 Å². The van der Waals surface area contributed by atoms with E-state index in [-0.39, 0.29) is 18.3 Å². The van der Waals surface area contributed by atoms with E-state index in [2.05, 4.69) is 4.98 Å². The summed E-state index contributed by atoms with van der Waals surface area (Å²) in [6.07, 6.45) is 0. The number of benzene rings is 2. The predicted octanol–water partition coefficient (Wildman–Crippen LogP) is 4.07. The number of ether oxygens (including phenoxy) is 2. The number of amides is 1. The number of aromatic nitrogens is 1. The summed E-state index contributed by atoms with van der Waals surface area (Å²) in [6, 6.07) is 9.44. The number of anilines is 1. The molecule has 154 valence electrons. The molecule has 0 saturated carbocycles. The van der Waals surface area contributed by atoms with E-state index in [1.807, 2.05) is 19.0 Å². The fraction of sp³-hybridized carbons (Fsp3) is 0.300. The molecular weight excluding hydrogens is 417 g/mol. The second kappa shape index (κ2) is 9.39. The molecule has 0 aliphatic rings. The molecule has 1 aromatic heterocycles. The molecule has 29 heavy (non-hydrogen) atoms. The van der Waals surface area contributed by atoms with Crippen LogP contribution in [0.3, 0.4) is 0 Å². The van der Waals surface area contributed by atoms with Crippen LogP contribution in [0.2, 0.25) is 5.02 Å². The smallest absolute Gasteiger partial charge is 0.266 e. The van der Waals surface area contributed by atoms with Crippen molar-refractivity contribution in [1.29, 1.82) is 0 Å². The average molecular weight is 438 g/mol. The number of fused-ring (bicyclic) bond motifs is 1. The minimum Gasteiger partial charge on any atom is -0.494 e. The molecule has 3 aromatic rings. The third-order valence-electron chi connectivity index (χ3n) is 4.16. The summed E-state index contributed by atoms with van der Waals surface area (Å²) in [7, 11) is 5.38. The van der Waals surface area contributed by atoms with Crippen molar-refractivity contribution in [3.8, 4) is 11.5 Å². The number of para-hydroxylation sites is 1. The zero-order valence-corrected chi connectivity index (χ0v) is 17.9. The van der Waals surface area contributed by atoms with Gasteiger partial charge in [-0.1, -0.05) is 35.1 Å². The first-order valence-corrected chi connectivity index (χ1v) is 10.1. The predicted molar refractivity (Wildman–Crippen MR) is 114 cm³/mol. The van der Waals surface area contributed by atoms with Crippen molar-refractivity contribution in [2.45, 2.75) is 0 Å². The molecule has 9 heteroatoms. The van der Waals surface area contributed by atoms with E-state index < -0.39 is 5.82 Å². The number of carbonyl (C=O) groups is 1. The second-order valence-electron chi connectivity index (χ2n) is 6.49. The van der Waals surface area contributed by atoms with Gasteiger partial charge in [0.1, 0.15) is 11.3 Å². The van der Waals surface area contributed by atoms with E-state index in [0.29, 0.717) is 34.5 Å². The number of rotatable bonds is 8. The summed E-state index contributed by atoms with van der Waals surface area (Å²) in [5, 5.41) is 1.02. The molecule has 0 spiro atoms. The Hall–Kier alpha value is -2.42. The zero-order chi connectivity index (χ0) is 21.0. The standard InChI is InChI=1S/C20H21ClFN3O3S/c1-24(2)10-11-25(17(26)12-28-15-7-5-4-6-14(15)22)20-23-18-16(27-3)9-8-13(21)19(18)29-20/h4-9H,10-12H2,1-3H3. The number of hydrogen-bond acceptors (Lipinski definition) is 6. The van der Waals surface area contributed by atoms with Crippen LogP contribution in [-0.2, 0) is 4.79 Å². The number of likely N-dealkylation sites (N-methyl/N-ethyl adjacent to an activating group) is 1. The number of carbonyl (C=O) groups excluding carboxylic acids is 1. The van der Waals surface area contributed by atoms with Gasteiger partial charge in [-0.25, -0.2) is 9.37 Å². The molecule has 1 heterocycles. The van der Waals surface area contributed by atoms with Gasteiger partial charge >= 0.3 is 0 Å². The zero-order valence-electron chi connectivity index (χ0n) is 16.3. The first kappa shape index (κ1) is 21.3. The minimum absolute atomic E-state index is 0.0300. The van der Waals surface area contributed by atoms with Gasteiger partial charge < -0.3 is 14.4 Å². The summed E-state index contributed by atoms with van der Waals surface area (Å²) in [6.45, 7) is 0.702. The number of hydrogen-bond donors (Lipinski definition) is 0. The van der Waals surface area contributed by atoms with Crippen LogP contribution in [0.1, 0.15) is 0 Å². The minimum atomic E-state index is -0.517. The maximum Gasteiger partial charge on any atom is 0.266 e. The van der Waals surface area contributed by atoms with E-state index in [4.69, 9.17) is 21.1 Å². The highest BCUT2D eigenvalue weighted by Gasteiger charge is 2.23. The third-order valence-corrected chi connectivity index (χ3v) is 5.70. The van der Waals surface area contributed by atoms with Crippen molar-refractivity contribution in [3.63, 3.8) is 0 Å². The number of thiazole rings is 1. The average Bonchev–Trinajstić information content (AvgIpc) is 3.13. The van der Waals surface area contributed by atoms with Gasteiger partial charge in [0.25, 0.3) is 5.91 Å². The topological polar surface area (TPSA) is 54.9 Å². The van der Waals surface area contributed by atoms with Crippen molar-refractivity contribution in [2.75, 3.05) is 45.8 Å². The molecule has 3 rings (SSSR count). The fourth-order valence-corrected chi connectivity index (χ4v) is 3.93. The van der Waals surface area contributed by atoms with Crippen LogP contribution in [0.4, 0.5) is 9.52 Å². The Morgan fingerprint density at radius 2 is 1.93 bits per heavy atom. The van der Waals surface area contributed by atoms with E-state index in [0.717, 1.165) is 4.70 Å². The van der Waals surface area contributed by atoms with Crippen molar-refractivity contribution < 1.29 is 18.7 Å². The van der Waals surface area contributed by atoms with Gasteiger partial charge in [0.05, 0.1) is 16.8 Å². The highest BCUT2D eigenvalue weighted by molar-refractivity contribution is 7.23. The molecule has 2 aromatic carbocycles. The fourth-order valence-electron chi connectivity index (χ4n) is 2.63. The highest BCUT2D eigenvalue weighted by atomic mass is 35.5. The summed E-state index contributed by atoms with van der Waals surface area (Å²) in [5.74, 6) is -0.238. The van der Waals surface area contributed by atoms with Gasteiger partial charge in [-0.05, 0) is 38.4 Å². The molecule has 0 unspecified atom stereocenters. The van der Waals surface area contributed by atoms with E-state index >= 15 is 0 Å². The molecule has 0 N–H and O–H groups in total. The molecule has 0 radical (unpaired) electrons. The molecule has 6 nitrogen and oxygen atoms in total. The van der Waals surface area contributed by atoms with Crippen molar-refractivity contribution in [2.24, 2.45) is 0 Å². The Labute approximate surface area is 177 Å². The molecular formula is C20H21ClFN3O3S. The monoisotopic (exact) mass is 437 g/mol. The van der Waals surface area contributed by atoms with Crippen molar-refractivity contribution in [1.82, 2.24) is 9.88 Å². The van der Waals surface area contributed by atoms with E-state index in [1.165, 1.54) is 28.4 Å². The second-order valence-corrected chi connectivity index (χ2v) is 7.88. The number of methoxy groups -OCH3 is 1. The van der Waals surface area contributed by atoms with Crippen molar-refractivity contribution in [3.05, 3.63) is 47.2 Å². The number of halogens is 2. The first-order valence-electron chi connectivity index (χ1n) is 8.86. The first-order chi connectivity index (χ1) is 13.9. The molecule has 0 aliphatic carbocycles. The summed E-state index contributed by atoms with van der Waals surface area (Å²) in [5.41, 5.74) is 0.595. The summed E-state index contributed by atoms with van der Waals surface area (Å²) in [4.78, 5) is 21.0. The van der Waals surface area contributed by atoms with Crippen molar-refractivity contribution >= 4 is 44.2 Å². The molecule has 1 amide bonds. The van der Waals surface area contributed by atoms with Gasteiger partial charge in [-0.2, -0.15) is 0 Å². The lowest BCUT2D eigenvalue weighted by Crippen LogP contribution is -2.39. The van der Waals surface area contributed by atoms with Crippen LogP contribution in [0, 0.1) is 5.82 Å². The number of nitrogens with zero attached hydrogens (tertiary/aromatic N) is 3. The van der Waals surface area contributed by atoms with Crippen LogP contribution in [0.25, 0.3) is 10.2 Å². The summed E-state index contributed by atoms with van der Waals surface area (Å²) < 4.78 is 25.3. The Kier molecular flexibility index (Phi) is 6.89. The lowest BCUT2D eigenvalue weighted by molar-refractivity contribution is -0.120. The molecule has 0 bridgehead atoms. The molecule has 0 saturated heterocycles. The largest absolute Gasteiger partial charge is 0.494 e. The Bertz CT molecular complexity index is 1010. The summed E-state index contributed by atoms with van der Waals surface area (Å²) >= 11 is 7.61. The highest BCUT2D eigenvalue weighted by Crippen LogP contribution is 2.38. The molecule has 0 atom stereocenters. The van der Waals surface area contributed by atoms with Crippen LogP contribution >= 0.6 is 22.9 Å². The van der Waals surface area contributed by atoms with Gasteiger partial charge in [0.2, 0.25) is 0 Å². The SMILES string of the molecule is COc1ccc(Cl)c2sc(N(CCN(C)C)C(=O)COc3ccccc3F)nc12. The van der Waals surface area contributed by atoms with Gasteiger partial charge in [0, 0.05) is 13.1 Å². The van der Waals surface area contributed by atoms with Gasteiger partial charge in [-0.3, -0.25) is 9.69 Å². The lowest BCUT2D eigenvalue weighted by Gasteiger charge is -2.22. The van der Waals surface area contributed by atoms with E-state index in [9.17, 15) is 9.18 Å². The Balaban J connectivity index is 1.88. The normalized spacial score (nSPS) is 11.1.